The standard InChI is InChI=1S/C21H19NO4/c1-12-19(14(3)23)13(2)22-20(12)21(25)26-11-18(24)17-9-8-15-6-4-5-7-16(15)10-17/h4-10,22H,11H2,1-3H3. The Morgan fingerprint density at radius 2 is 1.69 bits per heavy atom. The molecular formula is C21H19NO4. The van der Waals surface area contributed by atoms with Gasteiger partial charge in [0.1, 0.15) is 5.69 Å². The number of aromatic nitrogens is 1. The largest absolute Gasteiger partial charge is 0.453 e. The fourth-order valence-corrected chi connectivity index (χ4v) is 3.13. The van der Waals surface area contributed by atoms with Crippen molar-refractivity contribution < 1.29 is 19.1 Å². The lowest BCUT2D eigenvalue weighted by atomic mass is 10.0. The second kappa shape index (κ2) is 6.96. The number of rotatable bonds is 5. The normalized spacial score (nSPS) is 10.7. The van der Waals surface area contributed by atoms with Crippen LogP contribution in [0.5, 0.6) is 0 Å². The van der Waals surface area contributed by atoms with E-state index >= 15 is 0 Å². The number of carbonyl (C=O) groups is 3. The third-order valence-corrected chi connectivity index (χ3v) is 4.40. The Morgan fingerprint density at radius 3 is 2.35 bits per heavy atom. The lowest BCUT2D eigenvalue weighted by molar-refractivity contribution is 0.0469. The monoisotopic (exact) mass is 349 g/mol. The number of aromatic amines is 1. The molecule has 0 fully saturated rings. The molecule has 0 aliphatic carbocycles. The van der Waals surface area contributed by atoms with Gasteiger partial charge in [0.05, 0.1) is 0 Å². The van der Waals surface area contributed by atoms with Gasteiger partial charge in [-0.05, 0) is 43.2 Å². The van der Waals surface area contributed by atoms with Crippen LogP contribution in [-0.2, 0) is 4.74 Å². The molecule has 0 unspecified atom stereocenters. The molecule has 1 heterocycles. The van der Waals surface area contributed by atoms with Gasteiger partial charge in [-0.15, -0.1) is 0 Å². The molecule has 3 rings (SSSR count). The Bertz CT molecular complexity index is 1030. The number of aryl methyl sites for hydroxylation is 1. The van der Waals surface area contributed by atoms with Gasteiger partial charge in [0.15, 0.2) is 18.2 Å². The number of H-pyrrole nitrogens is 1. The molecule has 3 aromatic rings. The number of esters is 1. The zero-order chi connectivity index (χ0) is 18.8. The van der Waals surface area contributed by atoms with E-state index in [2.05, 4.69) is 4.98 Å². The highest BCUT2D eigenvalue weighted by atomic mass is 16.5. The second-order valence-corrected chi connectivity index (χ2v) is 6.24. The van der Waals surface area contributed by atoms with E-state index in [1.807, 2.05) is 30.3 Å². The molecule has 0 aliphatic heterocycles. The van der Waals surface area contributed by atoms with E-state index in [0.717, 1.165) is 10.8 Å². The molecule has 0 atom stereocenters. The Hall–Kier alpha value is -3.21. The summed E-state index contributed by atoms with van der Waals surface area (Å²) in [5.74, 6) is -1.05. The Kier molecular flexibility index (Phi) is 4.71. The summed E-state index contributed by atoms with van der Waals surface area (Å²) in [5.41, 5.74) is 2.33. The predicted octanol–water partition coefficient (Wildman–Crippen LogP) is 4.03. The molecule has 0 amide bonds. The summed E-state index contributed by atoms with van der Waals surface area (Å²) in [6.45, 7) is 4.49. The van der Waals surface area contributed by atoms with Crippen molar-refractivity contribution in [3.63, 3.8) is 0 Å². The summed E-state index contributed by atoms with van der Waals surface area (Å²) in [6, 6.07) is 13.1. The maximum Gasteiger partial charge on any atom is 0.355 e. The van der Waals surface area contributed by atoms with Crippen LogP contribution in [0, 0.1) is 13.8 Å². The molecule has 5 nitrogen and oxygen atoms in total. The van der Waals surface area contributed by atoms with Crippen molar-refractivity contribution in [1.29, 1.82) is 0 Å². The second-order valence-electron chi connectivity index (χ2n) is 6.24. The van der Waals surface area contributed by atoms with Gasteiger partial charge in [-0.2, -0.15) is 0 Å². The molecule has 0 aliphatic rings. The first-order valence-corrected chi connectivity index (χ1v) is 8.27. The first-order chi connectivity index (χ1) is 12.4. The maximum absolute atomic E-state index is 12.3. The van der Waals surface area contributed by atoms with Crippen LogP contribution in [0.3, 0.4) is 0 Å². The molecule has 0 radical (unpaired) electrons. The molecule has 5 heteroatoms. The van der Waals surface area contributed by atoms with Crippen molar-refractivity contribution in [2.75, 3.05) is 6.61 Å². The molecule has 132 valence electrons. The first-order valence-electron chi connectivity index (χ1n) is 8.27. The number of ketones is 2. The molecule has 0 spiro atoms. The molecule has 1 N–H and O–H groups in total. The number of hydrogen-bond acceptors (Lipinski definition) is 4. The average Bonchev–Trinajstić information content (AvgIpc) is 2.93. The fourth-order valence-electron chi connectivity index (χ4n) is 3.13. The Labute approximate surface area is 151 Å². The van der Waals surface area contributed by atoms with E-state index in [0.29, 0.717) is 22.4 Å². The van der Waals surface area contributed by atoms with Crippen LogP contribution in [0.15, 0.2) is 42.5 Å². The molecular weight excluding hydrogens is 330 g/mol. The number of Topliss-reactive ketones (excluding diaryl/α,β-unsaturated/α-hetero) is 2. The van der Waals surface area contributed by atoms with E-state index in [-0.39, 0.29) is 23.9 Å². The van der Waals surface area contributed by atoms with Gasteiger partial charge in [0.25, 0.3) is 0 Å². The van der Waals surface area contributed by atoms with Crippen LogP contribution >= 0.6 is 0 Å². The number of hydrogen-bond donors (Lipinski definition) is 1. The third-order valence-electron chi connectivity index (χ3n) is 4.40. The van der Waals surface area contributed by atoms with Gasteiger partial charge in [0, 0.05) is 16.8 Å². The Balaban J connectivity index is 1.73. The molecule has 26 heavy (non-hydrogen) atoms. The summed E-state index contributed by atoms with van der Waals surface area (Å²) < 4.78 is 5.15. The summed E-state index contributed by atoms with van der Waals surface area (Å²) in [5, 5.41) is 1.99. The van der Waals surface area contributed by atoms with Crippen LogP contribution in [0.4, 0.5) is 0 Å². The van der Waals surface area contributed by atoms with Crippen LogP contribution in [0.2, 0.25) is 0 Å². The first kappa shape index (κ1) is 17.6. The number of carbonyl (C=O) groups excluding carboxylic acids is 3. The third kappa shape index (κ3) is 3.28. The molecule has 1 aromatic heterocycles. The minimum Gasteiger partial charge on any atom is -0.453 e. The zero-order valence-corrected chi connectivity index (χ0v) is 14.9. The number of fused-ring (bicyclic) bond motifs is 1. The quantitative estimate of drug-likeness (QED) is 0.557. The minimum atomic E-state index is -0.646. The minimum absolute atomic E-state index is 0.123. The molecule has 0 saturated heterocycles. The zero-order valence-electron chi connectivity index (χ0n) is 14.9. The van der Waals surface area contributed by atoms with E-state index in [4.69, 9.17) is 4.74 Å². The van der Waals surface area contributed by atoms with Crippen molar-refractivity contribution in [1.82, 2.24) is 4.98 Å². The Morgan fingerprint density at radius 1 is 1.00 bits per heavy atom. The lowest BCUT2D eigenvalue weighted by Crippen LogP contribution is -2.15. The van der Waals surface area contributed by atoms with E-state index in [9.17, 15) is 14.4 Å². The van der Waals surface area contributed by atoms with Crippen LogP contribution in [0.1, 0.15) is 49.4 Å². The number of ether oxygens (including phenoxy) is 1. The average molecular weight is 349 g/mol. The number of nitrogens with one attached hydrogen (secondary N) is 1. The topological polar surface area (TPSA) is 76.2 Å². The van der Waals surface area contributed by atoms with Crippen LogP contribution in [-0.4, -0.2) is 29.1 Å². The highest BCUT2D eigenvalue weighted by Crippen LogP contribution is 2.20. The molecule has 0 bridgehead atoms. The SMILES string of the molecule is CC(=O)c1c(C)[nH]c(C(=O)OCC(=O)c2ccc3ccccc3c2)c1C. The maximum atomic E-state index is 12.3. The van der Waals surface area contributed by atoms with Gasteiger partial charge in [0.2, 0.25) is 0 Å². The van der Waals surface area contributed by atoms with E-state index in [1.165, 1.54) is 6.92 Å². The van der Waals surface area contributed by atoms with Gasteiger partial charge < -0.3 is 9.72 Å². The smallest absolute Gasteiger partial charge is 0.355 e. The van der Waals surface area contributed by atoms with Crippen molar-refractivity contribution in [2.45, 2.75) is 20.8 Å². The van der Waals surface area contributed by atoms with Gasteiger partial charge in [-0.25, -0.2) is 4.79 Å². The van der Waals surface area contributed by atoms with Crippen LogP contribution in [0.25, 0.3) is 10.8 Å². The number of benzene rings is 2. The summed E-state index contributed by atoms with van der Waals surface area (Å²) >= 11 is 0. The molecule has 2 aromatic carbocycles. The van der Waals surface area contributed by atoms with Crippen molar-refractivity contribution >= 4 is 28.3 Å². The fraction of sp³-hybridized carbons (Fsp3) is 0.190. The summed E-state index contributed by atoms with van der Waals surface area (Å²) in [7, 11) is 0. The van der Waals surface area contributed by atoms with Crippen LogP contribution < -0.4 is 0 Å². The van der Waals surface area contributed by atoms with Crippen molar-refractivity contribution in [3.05, 3.63) is 70.5 Å². The van der Waals surface area contributed by atoms with Gasteiger partial charge in [-0.3, -0.25) is 9.59 Å². The van der Waals surface area contributed by atoms with Gasteiger partial charge >= 0.3 is 5.97 Å². The lowest BCUT2D eigenvalue weighted by Gasteiger charge is -2.05. The van der Waals surface area contributed by atoms with E-state index < -0.39 is 5.97 Å². The molecule has 0 saturated carbocycles. The van der Waals surface area contributed by atoms with Crippen molar-refractivity contribution in [2.24, 2.45) is 0 Å². The summed E-state index contributed by atoms with van der Waals surface area (Å²) in [6.07, 6.45) is 0. The van der Waals surface area contributed by atoms with E-state index in [1.54, 1.807) is 26.0 Å². The highest BCUT2D eigenvalue weighted by Gasteiger charge is 2.21. The predicted molar refractivity (Wildman–Crippen MR) is 98.8 cm³/mol. The van der Waals surface area contributed by atoms with Gasteiger partial charge in [-0.1, -0.05) is 36.4 Å². The van der Waals surface area contributed by atoms with Crippen molar-refractivity contribution in [3.8, 4) is 0 Å². The highest BCUT2D eigenvalue weighted by molar-refractivity contribution is 6.03. The summed E-state index contributed by atoms with van der Waals surface area (Å²) in [4.78, 5) is 39.2.